The molecule has 0 saturated carbocycles. The lowest BCUT2D eigenvalue weighted by molar-refractivity contribution is 0.555. The Bertz CT molecular complexity index is 575. The lowest BCUT2D eigenvalue weighted by Crippen LogP contribution is -2.23. The first-order valence-electron chi connectivity index (χ1n) is 6.63. The van der Waals surface area contributed by atoms with Crippen molar-refractivity contribution < 1.29 is 0 Å². The van der Waals surface area contributed by atoms with Crippen LogP contribution >= 0.6 is 34.5 Å². The first-order valence-corrected chi connectivity index (χ1v) is 8.20. The summed E-state index contributed by atoms with van der Waals surface area (Å²) in [6.45, 7) is 7.08. The molecule has 20 heavy (non-hydrogen) atoms. The van der Waals surface area contributed by atoms with E-state index < -0.39 is 0 Å². The van der Waals surface area contributed by atoms with Crippen LogP contribution < -0.4 is 5.32 Å². The number of nitrogens with zero attached hydrogens (tertiary/aromatic N) is 1. The molecule has 0 amide bonds. The third-order valence-corrected chi connectivity index (χ3v) is 5.07. The minimum Gasteiger partial charge on any atom is -0.309 e. The largest absolute Gasteiger partial charge is 0.309 e. The molecule has 108 valence electrons. The van der Waals surface area contributed by atoms with Crippen molar-refractivity contribution in [2.24, 2.45) is 0 Å². The van der Waals surface area contributed by atoms with E-state index in [1.807, 2.05) is 25.1 Å². The lowest BCUT2D eigenvalue weighted by atomic mass is 10.0. The van der Waals surface area contributed by atoms with Crippen molar-refractivity contribution >= 4 is 34.5 Å². The number of nitrogens with one attached hydrogen (secondary N) is 1. The highest BCUT2D eigenvalue weighted by molar-refractivity contribution is 7.11. The van der Waals surface area contributed by atoms with E-state index in [1.54, 1.807) is 11.3 Å². The van der Waals surface area contributed by atoms with Crippen LogP contribution in [0.1, 0.15) is 34.1 Å². The van der Waals surface area contributed by atoms with Gasteiger partial charge >= 0.3 is 0 Å². The predicted molar refractivity (Wildman–Crippen MR) is 88.2 cm³/mol. The Morgan fingerprint density at radius 1 is 1.25 bits per heavy atom. The molecule has 0 aliphatic heterocycles. The molecule has 0 radical (unpaired) electrons. The summed E-state index contributed by atoms with van der Waals surface area (Å²) in [5.74, 6) is 0. The average Bonchev–Trinajstić information content (AvgIpc) is 2.72. The molecular weight excluding hydrogens is 311 g/mol. The van der Waals surface area contributed by atoms with Crippen molar-refractivity contribution in [3.05, 3.63) is 49.4 Å². The fourth-order valence-corrected chi connectivity index (χ4v) is 3.86. The number of likely N-dealkylation sites (N-methyl/N-ethyl adjacent to an activating group) is 1. The molecule has 0 spiro atoms. The van der Waals surface area contributed by atoms with E-state index in [0.29, 0.717) is 0 Å². The van der Waals surface area contributed by atoms with Gasteiger partial charge in [0.25, 0.3) is 0 Å². The molecule has 1 atom stereocenters. The van der Waals surface area contributed by atoms with Crippen molar-refractivity contribution in [3.63, 3.8) is 0 Å². The highest BCUT2D eigenvalue weighted by Crippen LogP contribution is 2.32. The molecule has 2 aromatic rings. The number of aryl methyl sites for hydroxylation is 2. The van der Waals surface area contributed by atoms with Crippen LogP contribution in [0.4, 0.5) is 0 Å². The van der Waals surface area contributed by atoms with Gasteiger partial charge in [-0.1, -0.05) is 36.2 Å². The topological polar surface area (TPSA) is 24.9 Å². The Kier molecular flexibility index (Phi) is 5.44. The van der Waals surface area contributed by atoms with Gasteiger partial charge in [0.15, 0.2) is 0 Å². The number of rotatable bonds is 5. The summed E-state index contributed by atoms with van der Waals surface area (Å²) >= 11 is 14.3. The maximum atomic E-state index is 6.28. The summed E-state index contributed by atoms with van der Waals surface area (Å²) in [6.07, 6.45) is 0.773. The van der Waals surface area contributed by atoms with Crippen LogP contribution in [0.2, 0.25) is 10.0 Å². The van der Waals surface area contributed by atoms with Crippen LogP contribution in [0.3, 0.4) is 0 Å². The zero-order valence-electron chi connectivity index (χ0n) is 11.8. The highest BCUT2D eigenvalue weighted by atomic mass is 35.5. The lowest BCUT2D eigenvalue weighted by Gasteiger charge is -2.18. The van der Waals surface area contributed by atoms with Gasteiger partial charge in [-0.2, -0.15) is 0 Å². The van der Waals surface area contributed by atoms with Crippen molar-refractivity contribution in [1.29, 1.82) is 0 Å². The molecule has 0 aliphatic carbocycles. The smallest absolute Gasteiger partial charge is 0.0900 e. The normalized spacial score (nSPS) is 12.7. The van der Waals surface area contributed by atoms with Gasteiger partial charge in [0.05, 0.1) is 10.7 Å². The molecule has 2 nitrogen and oxygen atoms in total. The van der Waals surface area contributed by atoms with Crippen molar-refractivity contribution in [2.45, 2.75) is 33.2 Å². The Hall–Kier alpha value is -0.610. The van der Waals surface area contributed by atoms with Gasteiger partial charge in [0, 0.05) is 21.0 Å². The van der Waals surface area contributed by atoms with E-state index >= 15 is 0 Å². The quantitative estimate of drug-likeness (QED) is 0.838. The monoisotopic (exact) mass is 328 g/mol. The fourth-order valence-electron chi connectivity index (χ4n) is 2.31. The third kappa shape index (κ3) is 3.53. The first kappa shape index (κ1) is 15.8. The molecule has 0 fully saturated rings. The predicted octanol–water partition coefficient (Wildman–Crippen LogP) is 4.96. The van der Waals surface area contributed by atoms with E-state index in [-0.39, 0.29) is 6.04 Å². The van der Waals surface area contributed by atoms with Crippen LogP contribution in [0.15, 0.2) is 18.2 Å². The van der Waals surface area contributed by atoms with Gasteiger partial charge in [0.1, 0.15) is 0 Å². The molecule has 1 aromatic heterocycles. The van der Waals surface area contributed by atoms with E-state index in [2.05, 4.69) is 24.1 Å². The van der Waals surface area contributed by atoms with Crippen molar-refractivity contribution in [1.82, 2.24) is 10.3 Å². The maximum absolute atomic E-state index is 6.28. The average molecular weight is 329 g/mol. The molecule has 1 aromatic carbocycles. The number of hydrogen-bond donors (Lipinski definition) is 1. The Labute approximate surface area is 134 Å². The molecular formula is C15H18Cl2N2S. The second kappa shape index (κ2) is 6.90. The van der Waals surface area contributed by atoms with Crippen LogP contribution in [0, 0.1) is 13.8 Å². The summed E-state index contributed by atoms with van der Waals surface area (Å²) < 4.78 is 0. The number of thiazole rings is 1. The summed E-state index contributed by atoms with van der Waals surface area (Å²) in [5, 5.41) is 6.04. The number of hydrogen-bond acceptors (Lipinski definition) is 3. The summed E-state index contributed by atoms with van der Waals surface area (Å²) in [5.41, 5.74) is 2.08. The number of halogens is 2. The molecule has 0 aliphatic rings. The molecule has 1 unspecified atom stereocenters. The van der Waals surface area contributed by atoms with Gasteiger partial charge in [0.2, 0.25) is 0 Å². The van der Waals surface area contributed by atoms with Crippen molar-refractivity contribution in [2.75, 3.05) is 6.54 Å². The van der Waals surface area contributed by atoms with Gasteiger partial charge in [-0.25, -0.2) is 4.98 Å². The molecule has 0 saturated heterocycles. The Morgan fingerprint density at radius 3 is 2.40 bits per heavy atom. The van der Waals surface area contributed by atoms with Gasteiger partial charge in [-0.05, 0) is 44.5 Å². The fraction of sp³-hybridized carbons (Fsp3) is 0.400. The SMILES string of the molecule is CCNC(Cc1c(Cl)cccc1Cl)c1sc(C)nc1C. The van der Waals surface area contributed by atoms with Gasteiger partial charge < -0.3 is 5.32 Å². The molecule has 1 N–H and O–H groups in total. The van der Waals surface area contributed by atoms with E-state index in [0.717, 1.165) is 39.3 Å². The first-order chi connectivity index (χ1) is 9.52. The van der Waals surface area contributed by atoms with Crippen LogP contribution in [0.5, 0.6) is 0 Å². The van der Waals surface area contributed by atoms with E-state index in [1.165, 1.54) is 4.88 Å². The van der Waals surface area contributed by atoms with Gasteiger partial charge in [-0.3, -0.25) is 0 Å². The minimum atomic E-state index is 0.198. The van der Waals surface area contributed by atoms with Crippen LogP contribution in [0.25, 0.3) is 0 Å². The summed E-state index contributed by atoms with van der Waals surface area (Å²) in [7, 11) is 0. The molecule has 5 heteroatoms. The summed E-state index contributed by atoms with van der Waals surface area (Å²) in [6, 6.07) is 5.84. The second-order valence-corrected chi connectivity index (χ2v) is 6.75. The third-order valence-electron chi connectivity index (χ3n) is 3.18. The molecule has 2 rings (SSSR count). The maximum Gasteiger partial charge on any atom is 0.0900 e. The minimum absolute atomic E-state index is 0.198. The number of aromatic nitrogens is 1. The standard InChI is InChI=1S/C15H18Cl2N2S/c1-4-18-14(15-9(2)19-10(3)20-15)8-11-12(16)6-5-7-13(11)17/h5-7,14,18H,4,8H2,1-3H3. The summed E-state index contributed by atoms with van der Waals surface area (Å²) in [4.78, 5) is 5.78. The van der Waals surface area contributed by atoms with E-state index in [4.69, 9.17) is 23.2 Å². The van der Waals surface area contributed by atoms with Crippen molar-refractivity contribution in [3.8, 4) is 0 Å². The van der Waals surface area contributed by atoms with Gasteiger partial charge in [-0.15, -0.1) is 11.3 Å². The molecule has 0 bridgehead atoms. The van der Waals surface area contributed by atoms with Crippen LogP contribution in [-0.4, -0.2) is 11.5 Å². The number of benzene rings is 1. The second-order valence-electron chi connectivity index (χ2n) is 4.70. The zero-order chi connectivity index (χ0) is 14.7. The zero-order valence-corrected chi connectivity index (χ0v) is 14.2. The Morgan fingerprint density at radius 2 is 1.90 bits per heavy atom. The van der Waals surface area contributed by atoms with Crippen LogP contribution in [-0.2, 0) is 6.42 Å². The van der Waals surface area contributed by atoms with E-state index in [9.17, 15) is 0 Å². The highest BCUT2D eigenvalue weighted by Gasteiger charge is 2.19. The molecule has 1 heterocycles. The Balaban J connectivity index is 2.33.